The van der Waals surface area contributed by atoms with Crippen LogP contribution in [0.15, 0.2) is 30.4 Å². The second-order valence-electron chi connectivity index (χ2n) is 19.3. The van der Waals surface area contributed by atoms with Crippen molar-refractivity contribution in [3.8, 4) is 11.8 Å². The van der Waals surface area contributed by atoms with Crippen LogP contribution in [0.5, 0.6) is 0 Å². The molecule has 6 rings (SSSR count). The molecule has 5 aliphatic rings. The topological polar surface area (TPSA) is 101 Å². The van der Waals surface area contributed by atoms with E-state index in [1.165, 1.54) is 17.7 Å². The Morgan fingerprint density at radius 2 is 1.63 bits per heavy atom. The van der Waals surface area contributed by atoms with Crippen molar-refractivity contribution in [3.63, 3.8) is 0 Å². The summed E-state index contributed by atoms with van der Waals surface area (Å²) in [6.45, 7) is 22.0. The van der Waals surface area contributed by atoms with E-state index in [0.29, 0.717) is 35.2 Å². The molecular formula is C44H59FO6. The van der Waals surface area contributed by atoms with Gasteiger partial charge in [0.2, 0.25) is 0 Å². The summed E-state index contributed by atoms with van der Waals surface area (Å²) in [6.07, 6.45) is 9.86. The molecule has 6 nitrogen and oxygen atoms in total. The summed E-state index contributed by atoms with van der Waals surface area (Å²) < 4.78 is 20.2. The van der Waals surface area contributed by atoms with Gasteiger partial charge in [-0.25, -0.2) is 9.18 Å². The lowest BCUT2D eigenvalue weighted by atomic mass is 9.32. The van der Waals surface area contributed by atoms with Crippen LogP contribution < -0.4 is 0 Å². The number of carboxylic acids is 2. The highest BCUT2D eigenvalue weighted by molar-refractivity contribution is 5.90. The molecule has 5 aliphatic carbocycles. The van der Waals surface area contributed by atoms with E-state index in [1.807, 2.05) is 0 Å². The molecule has 1 aromatic carbocycles. The maximum atomic E-state index is 14.0. The summed E-state index contributed by atoms with van der Waals surface area (Å²) in [6, 6.07) is 3.88. The lowest BCUT2D eigenvalue weighted by Gasteiger charge is -2.72. The minimum Gasteiger partial charge on any atom is -0.481 e. The van der Waals surface area contributed by atoms with E-state index in [4.69, 9.17) is 4.74 Å². The number of hydrogen-bond acceptors (Lipinski definition) is 4. The van der Waals surface area contributed by atoms with Gasteiger partial charge in [0.05, 0.1) is 17.4 Å². The SMILES string of the molecule is C=C(C)[C@@H]1CC[C@]2(C#Cc3ccc(F)cc3C(=O)O)CC[C@]3(C)C(CCC4[C@@]5(C)CC[C@H](OC(=O)CC(C)(C)C(=O)O)C(C)(C)C5CC[C@]43C)C12. The number of benzene rings is 1. The van der Waals surface area contributed by atoms with E-state index >= 15 is 0 Å². The predicted octanol–water partition coefficient (Wildman–Crippen LogP) is 9.95. The molecule has 5 fully saturated rings. The third-order valence-electron chi connectivity index (χ3n) is 16.1. The van der Waals surface area contributed by atoms with Crippen LogP contribution in [0.2, 0.25) is 0 Å². The molecular weight excluding hydrogens is 643 g/mol. The Morgan fingerprint density at radius 3 is 2.27 bits per heavy atom. The number of allylic oxidation sites excluding steroid dienone is 1. The van der Waals surface area contributed by atoms with Crippen LogP contribution in [0, 0.1) is 79.7 Å². The molecule has 0 amide bonds. The molecule has 0 spiro atoms. The van der Waals surface area contributed by atoms with Gasteiger partial charge in [-0.05, 0) is 149 Å². The minimum absolute atomic E-state index is 0.0833. The number of ether oxygens (including phenoxy) is 1. The van der Waals surface area contributed by atoms with Crippen LogP contribution in [-0.2, 0) is 14.3 Å². The number of aromatic carboxylic acids is 1. The van der Waals surface area contributed by atoms with Crippen molar-refractivity contribution >= 4 is 17.9 Å². The van der Waals surface area contributed by atoms with Gasteiger partial charge in [-0.2, -0.15) is 0 Å². The van der Waals surface area contributed by atoms with Crippen LogP contribution >= 0.6 is 0 Å². The van der Waals surface area contributed by atoms with Crippen molar-refractivity contribution < 1.29 is 33.7 Å². The third kappa shape index (κ3) is 5.77. The van der Waals surface area contributed by atoms with Gasteiger partial charge in [-0.1, -0.05) is 58.6 Å². The Labute approximate surface area is 304 Å². The van der Waals surface area contributed by atoms with Gasteiger partial charge in [0.25, 0.3) is 0 Å². The molecule has 10 atom stereocenters. The first-order valence-corrected chi connectivity index (χ1v) is 19.3. The summed E-state index contributed by atoms with van der Waals surface area (Å²) in [4.78, 5) is 36.8. The molecule has 0 aromatic heterocycles. The van der Waals surface area contributed by atoms with Gasteiger partial charge in [0, 0.05) is 16.4 Å². The molecule has 0 saturated heterocycles. The number of carbonyl (C=O) groups excluding carboxylic acids is 1. The maximum Gasteiger partial charge on any atom is 0.337 e. The Morgan fingerprint density at radius 1 is 0.922 bits per heavy atom. The average molecular weight is 703 g/mol. The van der Waals surface area contributed by atoms with Crippen LogP contribution in [0.3, 0.4) is 0 Å². The lowest BCUT2D eigenvalue weighted by molar-refractivity contribution is -0.247. The summed E-state index contributed by atoms with van der Waals surface area (Å²) in [7, 11) is 0. The Hall–Kier alpha value is -3.14. The summed E-state index contributed by atoms with van der Waals surface area (Å²) in [5, 5.41) is 19.4. The summed E-state index contributed by atoms with van der Waals surface area (Å²) in [5.41, 5.74) is 0.155. The summed E-state index contributed by atoms with van der Waals surface area (Å²) in [5.74, 6) is 5.88. The third-order valence-corrected chi connectivity index (χ3v) is 16.1. The monoisotopic (exact) mass is 702 g/mol. The number of aliphatic carboxylic acids is 1. The molecule has 0 aliphatic heterocycles. The molecule has 7 heteroatoms. The van der Waals surface area contributed by atoms with E-state index in [9.17, 15) is 29.0 Å². The fourth-order valence-electron chi connectivity index (χ4n) is 13.2. The molecule has 4 unspecified atom stereocenters. The number of hydrogen-bond donors (Lipinski definition) is 2. The Kier molecular flexibility index (Phi) is 9.20. The molecule has 278 valence electrons. The maximum absolute atomic E-state index is 14.0. The van der Waals surface area contributed by atoms with Crippen molar-refractivity contribution in [2.45, 2.75) is 132 Å². The first-order chi connectivity index (χ1) is 23.6. The number of rotatable bonds is 6. The van der Waals surface area contributed by atoms with Crippen molar-refractivity contribution in [1.82, 2.24) is 0 Å². The minimum atomic E-state index is -1.17. The molecule has 5 saturated carbocycles. The van der Waals surface area contributed by atoms with Crippen LogP contribution in [-0.4, -0.2) is 34.2 Å². The number of halogens is 1. The van der Waals surface area contributed by atoms with Gasteiger partial charge in [0.15, 0.2) is 0 Å². The number of carbonyl (C=O) groups is 3. The van der Waals surface area contributed by atoms with Crippen molar-refractivity contribution in [2.75, 3.05) is 0 Å². The molecule has 2 N–H and O–H groups in total. The zero-order chi connectivity index (χ0) is 37.5. The first-order valence-electron chi connectivity index (χ1n) is 19.3. The number of carboxylic acid groups (broad SMARTS) is 2. The van der Waals surface area contributed by atoms with Gasteiger partial charge < -0.3 is 14.9 Å². The molecule has 0 bridgehead atoms. The van der Waals surface area contributed by atoms with Crippen LogP contribution in [0.25, 0.3) is 0 Å². The average Bonchev–Trinajstić information content (AvgIpc) is 3.42. The lowest BCUT2D eigenvalue weighted by Crippen LogP contribution is -2.66. The predicted molar refractivity (Wildman–Crippen MR) is 195 cm³/mol. The van der Waals surface area contributed by atoms with Crippen molar-refractivity contribution in [3.05, 3.63) is 47.3 Å². The second-order valence-corrected chi connectivity index (χ2v) is 19.3. The zero-order valence-corrected chi connectivity index (χ0v) is 32.1. The highest BCUT2D eigenvalue weighted by atomic mass is 19.1. The fraction of sp³-hybridized carbons (Fsp3) is 0.705. The molecule has 51 heavy (non-hydrogen) atoms. The Bertz CT molecular complexity index is 1700. The highest BCUT2D eigenvalue weighted by Crippen LogP contribution is 2.77. The van der Waals surface area contributed by atoms with E-state index in [2.05, 4.69) is 60.0 Å². The second kappa shape index (κ2) is 12.5. The quantitative estimate of drug-likeness (QED) is 0.174. The largest absolute Gasteiger partial charge is 0.481 e. The van der Waals surface area contributed by atoms with E-state index in [0.717, 1.165) is 70.3 Å². The number of fused-ring (bicyclic) bond motifs is 7. The molecule has 0 radical (unpaired) electrons. The van der Waals surface area contributed by atoms with E-state index < -0.39 is 29.1 Å². The first kappa shape index (κ1) is 37.6. The van der Waals surface area contributed by atoms with Gasteiger partial charge in [-0.3, -0.25) is 9.59 Å². The van der Waals surface area contributed by atoms with Gasteiger partial charge in [0.1, 0.15) is 11.9 Å². The highest BCUT2D eigenvalue weighted by Gasteiger charge is 2.71. The van der Waals surface area contributed by atoms with Gasteiger partial charge >= 0.3 is 17.9 Å². The fourth-order valence-corrected chi connectivity index (χ4v) is 13.2. The van der Waals surface area contributed by atoms with Gasteiger partial charge in [-0.15, -0.1) is 0 Å². The zero-order valence-electron chi connectivity index (χ0n) is 32.1. The summed E-state index contributed by atoms with van der Waals surface area (Å²) >= 11 is 0. The van der Waals surface area contributed by atoms with Crippen molar-refractivity contribution in [1.29, 1.82) is 0 Å². The number of esters is 1. The molecule has 0 heterocycles. The van der Waals surface area contributed by atoms with E-state index in [1.54, 1.807) is 13.8 Å². The van der Waals surface area contributed by atoms with Crippen LogP contribution in [0.4, 0.5) is 4.39 Å². The van der Waals surface area contributed by atoms with E-state index in [-0.39, 0.29) is 45.2 Å². The standard InChI is InChI=1S/C44H59FO6/c1-26(2)29-15-21-44(20-14-27-10-11-28(45)24-30(27)37(47)48)23-22-42(8)31(36(29)44)12-13-33-41(7)18-17-34(51-35(46)25-39(3,4)38(49)50)40(5,6)32(41)16-19-43(33,42)9/h10-11,24,29,31-34,36H,1,12-13,15-19,21-23,25H2,2-9H3,(H,47,48)(H,49,50)/t29-,31?,32?,33?,34-,36?,41-,42+,43+,44+/m0/s1. The normalized spacial score (nSPS) is 39.5. The van der Waals surface area contributed by atoms with Crippen LogP contribution in [0.1, 0.15) is 142 Å². The molecule has 1 aromatic rings. The van der Waals surface area contributed by atoms with Crippen molar-refractivity contribution in [2.24, 2.45) is 62.1 Å². The Balaban J connectivity index is 1.30. The smallest absolute Gasteiger partial charge is 0.337 e.